The van der Waals surface area contributed by atoms with Crippen molar-refractivity contribution in [1.82, 2.24) is 0 Å². The van der Waals surface area contributed by atoms with Gasteiger partial charge in [0.1, 0.15) is 6.10 Å². The van der Waals surface area contributed by atoms with Crippen molar-refractivity contribution in [1.29, 1.82) is 0 Å². The molecule has 48 heavy (non-hydrogen) atoms. The topological polar surface area (TPSA) is 138 Å². The summed E-state index contributed by atoms with van der Waals surface area (Å²) in [6.07, 6.45) is 11.7. The first-order valence-corrected chi connectivity index (χ1v) is 15.3. The summed E-state index contributed by atoms with van der Waals surface area (Å²) in [4.78, 5) is 0. The molecule has 4 radical (unpaired) electrons. The number of hydrogen-bond donors (Lipinski definition) is 0. The van der Waals surface area contributed by atoms with Crippen LogP contribution >= 0.6 is 0 Å². The van der Waals surface area contributed by atoms with E-state index in [1.54, 1.807) is 0 Å². The zero-order valence-electron chi connectivity index (χ0n) is 26.6. The summed E-state index contributed by atoms with van der Waals surface area (Å²) in [7, 11) is -2.56. The molecular weight excluding hydrogens is 718 g/mol. The van der Waals surface area contributed by atoms with Crippen molar-refractivity contribution in [3.63, 3.8) is 0 Å². The molecular formula is C37H34Co2O8Si. The number of allylic oxidation sites excluding steroid dienone is 1. The van der Waals surface area contributed by atoms with Crippen LogP contribution in [0.4, 0.5) is 0 Å². The first-order chi connectivity index (χ1) is 22.5. The van der Waals surface area contributed by atoms with Gasteiger partial charge in [0.15, 0.2) is 0 Å². The van der Waals surface area contributed by atoms with Gasteiger partial charge in [0, 0.05) is 46.1 Å². The number of benzene rings is 3. The van der Waals surface area contributed by atoms with Crippen LogP contribution in [0.2, 0.25) is 5.04 Å². The first-order valence-electron chi connectivity index (χ1n) is 13.4. The summed E-state index contributed by atoms with van der Waals surface area (Å²) in [6.45, 7) is 34.3. The Bertz CT molecular complexity index is 1290. The molecule has 0 bridgehead atoms. The van der Waals surface area contributed by atoms with E-state index < -0.39 is 8.32 Å². The molecule has 1 aliphatic rings. The Hall–Kier alpha value is -3.43. The fourth-order valence-corrected chi connectivity index (χ4v) is 9.21. The molecule has 1 atom stereocenters. The molecule has 1 heterocycles. The normalized spacial score (nSPS) is 13.1. The molecule has 1 fully saturated rings. The van der Waals surface area contributed by atoms with Gasteiger partial charge in [-0.05, 0) is 46.0 Å². The van der Waals surface area contributed by atoms with Crippen LogP contribution in [0.3, 0.4) is 0 Å². The maximum absolute atomic E-state index is 7.50. The quantitative estimate of drug-likeness (QED) is 0.164. The van der Waals surface area contributed by atoms with Crippen molar-refractivity contribution in [2.24, 2.45) is 0 Å². The third-order valence-corrected chi connectivity index (χ3v) is 11.3. The molecule has 1 saturated heterocycles. The smallest absolute Gasteiger partial charge is 0 e. The Morgan fingerprint density at radius 2 is 1.10 bits per heavy atom. The van der Waals surface area contributed by atoms with Gasteiger partial charge in [-0.15, -0.1) is 0 Å². The van der Waals surface area contributed by atoms with Crippen LogP contribution in [0.5, 0.6) is 0 Å². The van der Waals surface area contributed by atoms with Crippen LogP contribution in [0, 0.1) is 52.1 Å². The largest absolute Gasteiger partial charge is 0 e. The zero-order chi connectivity index (χ0) is 35.9. The molecule has 4 rings (SSSR count). The average molecular weight is 753 g/mol. The van der Waals surface area contributed by atoms with Crippen molar-refractivity contribution in [2.75, 3.05) is 6.61 Å². The van der Waals surface area contributed by atoms with Gasteiger partial charge in [-0.1, -0.05) is 112 Å². The van der Waals surface area contributed by atoms with Crippen LogP contribution in [0.25, 0.3) is 6.08 Å². The van der Waals surface area contributed by atoms with Gasteiger partial charge in [0.05, 0.1) is 12.4 Å². The molecule has 1 aliphatic heterocycles. The van der Waals surface area contributed by atoms with E-state index in [9.17, 15) is 0 Å². The summed E-state index contributed by atoms with van der Waals surface area (Å²) in [5.74, 6) is 1.02. The van der Waals surface area contributed by atoms with Gasteiger partial charge in [-0.2, -0.15) is 0 Å². The molecule has 0 aromatic heterocycles. The predicted octanol–water partition coefficient (Wildman–Crippen LogP) is 6.11. The van der Waals surface area contributed by atoms with E-state index in [2.05, 4.69) is 164 Å². The standard InChI is InChI=1S/C31H34O2Si.6CO.2Co/c1-31(2,3)34(29-20-9-5-10-21-29,30-22-11-6-12-23-30)32-24-14-19-27-17-13-18-28(33-27)25-26-15-7-4-8-16-26;6*1-2;;/h4-12,15-16,20-23,25,27H,13,17-18,24H2,1-3H3;;;;;;;;/b19-14?,28-25+;;;;;;;;. The summed E-state index contributed by atoms with van der Waals surface area (Å²) < 4.78 is 58.1. The van der Waals surface area contributed by atoms with Gasteiger partial charge < -0.3 is 9.16 Å². The molecule has 0 aliphatic carbocycles. The number of ether oxygens (including phenoxy) is 1. The summed E-state index contributed by atoms with van der Waals surface area (Å²) >= 11 is 0. The fraction of sp³-hybridized carbons (Fsp3) is 0.243. The number of hydrogen-bond acceptors (Lipinski definition) is 2. The fourth-order valence-electron chi connectivity index (χ4n) is 4.77. The Morgan fingerprint density at radius 3 is 1.50 bits per heavy atom. The minimum absolute atomic E-state index is 0. The van der Waals surface area contributed by atoms with E-state index in [0.717, 1.165) is 25.0 Å². The Morgan fingerprint density at radius 1 is 0.708 bits per heavy atom. The summed E-state index contributed by atoms with van der Waals surface area (Å²) in [5.41, 5.74) is 1.17. The van der Waals surface area contributed by atoms with Gasteiger partial charge in [0.2, 0.25) is 0 Å². The maximum Gasteiger partial charge on any atom is 0 e. The third kappa shape index (κ3) is 18.2. The van der Waals surface area contributed by atoms with Gasteiger partial charge >= 0.3 is 67.8 Å². The van der Waals surface area contributed by atoms with Crippen LogP contribution < -0.4 is 10.4 Å². The third-order valence-electron chi connectivity index (χ3n) is 6.35. The monoisotopic (exact) mass is 752 g/mol. The summed E-state index contributed by atoms with van der Waals surface area (Å²) in [5, 5.41) is 2.50. The van der Waals surface area contributed by atoms with E-state index in [1.165, 1.54) is 15.9 Å². The van der Waals surface area contributed by atoms with E-state index in [0.29, 0.717) is 6.61 Å². The van der Waals surface area contributed by atoms with Crippen molar-refractivity contribution < 1.29 is 70.6 Å². The molecule has 1 unspecified atom stereocenters. The maximum atomic E-state index is 7.50. The average Bonchev–Trinajstić information content (AvgIpc) is 3.14. The van der Waals surface area contributed by atoms with Crippen molar-refractivity contribution >= 4 is 24.8 Å². The minimum atomic E-state index is -2.56. The molecule has 0 spiro atoms. The molecule has 252 valence electrons. The zero-order valence-corrected chi connectivity index (χ0v) is 29.7. The molecule has 0 amide bonds. The van der Waals surface area contributed by atoms with Crippen molar-refractivity contribution in [3.8, 4) is 0 Å². The molecule has 11 heteroatoms. The van der Waals surface area contributed by atoms with Crippen LogP contribution in [-0.2, 0) is 70.6 Å². The molecule has 8 nitrogen and oxygen atoms in total. The first kappa shape index (κ1) is 54.0. The van der Waals surface area contributed by atoms with E-state index >= 15 is 0 Å². The van der Waals surface area contributed by atoms with Crippen molar-refractivity contribution in [2.45, 2.75) is 51.2 Å². The van der Waals surface area contributed by atoms with E-state index in [4.69, 9.17) is 37.1 Å². The van der Waals surface area contributed by atoms with Gasteiger partial charge in [0.25, 0.3) is 8.32 Å². The SMILES string of the molecule is CC(C)(C)[Si](OC[C]=[C]C1CCC/C(=C\c2ccccc2)O1)(c1ccccc1)c1ccccc1.[C-]#[O+].[C-]#[O+].[C-]#[O+].[C-]#[O+].[C-]#[O+].[C-]#[O+].[Co].[Co]. The minimum Gasteiger partial charge on any atom is 0 e. The Balaban J connectivity index is -0.000000398. The molecule has 0 saturated carbocycles. The Labute approximate surface area is 306 Å². The van der Waals surface area contributed by atoms with Gasteiger partial charge in [-0.3, -0.25) is 0 Å². The molecule has 3 aromatic carbocycles. The van der Waals surface area contributed by atoms with Crippen LogP contribution in [0.15, 0.2) is 96.8 Å². The van der Waals surface area contributed by atoms with Crippen LogP contribution in [-0.4, -0.2) is 21.0 Å². The van der Waals surface area contributed by atoms with Gasteiger partial charge in [-0.25, -0.2) is 0 Å². The van der Waals surface area contributed by atoms with Crippen LogP contribution in [0.1, 0.15) is 45.6 Å². The Kier molecular flexibility index (Phi) is 39.3. The predicted molar refractivity (Wildman–Crippen MR) is 167 cm³/mol. The summed E-state index contributed by atoms with van der Waals surface area (Å²) in [6, 6.07) is 31.7. The second-order valence-corrected chi connectivity index (χ2v) is 14.1. The molecule has 0 N–H and O–H groups in total. The second kappa shape index (κ2) is 34.9. The number of rotatable bonds is 7. The molecule has 3 aromatic rings. The second-order valence-electron chi connectivity index (χ2n) is 9.79. The van der Waals surface area contributed by atoms with E-state index in [-0.39, 0.29) is 44.7 Å². The van der Waals surface area contributed by atoms with Crippen molar-refractivity contribution in [3.05, 3.63) is 154 Å². The van der Waals surface area contributed by atoms with E-state index in [1.807, 2.05) is 6.07 Å².